The van der Waals surface area contributed by atoms with Crippen LogP contribution in [-0.4, -0.2) is 17.3 Å². The molecular weight excluding hydrogens is 188 g/mol. The molecule has 1 fully saturated rings. The van der Waals surface area contributed by atoms with Gasteiger partial charge in [-0.2, -0.15) is 0 Å². The molecule has 0 bridgehead atoms. The number of hydroxylamine groups is 2. The molecule has 3 aliphatic rings. The van der Waals surface area contributed by atoms with Crippen molar-refractivity contribution in [3.63, 3.8) is 0 Å². The van der Waals surface area contributed by atoms with Gasteiger partial charge in [-0.25, -0.2) is 0 Å². The third-order valence-corrected chi connectivity index (χ3v) is 3.95. The maximum Gasteiger partial charge on any atom is 0.126 e. The molecule has 3 heteroatoms. The van der Waals surface area contributed by atoms with Crippen molar-refractivity contribution in [2.75, 3.05) is 5.32 Å². The Morgan fingerprint density at radius 1 is 1.40 bits per heavy atom. The van der Waals surface area contributed by atoms with Crippen molar-refractivity contribution in [3.05, 3.63) is 42.2 Å². The van der Waals surface area contributed by atoms with Crippen LogP contribution in [0.2, 0.25) is 0 Å². The fourth-order valence-corrected chi connectivity index (χ4v) is 3.11. The lowest BCUT2D eigenvalue weighted by atomic mass is 9.69. The monoisotopic (exact) mass is 200 g/mol. The molecule has 3 atom stereocenters. The second-order valence-electron chi connectivity index (χ2n) is 4.61. The van der Waals surface area contributed by atoms with Crippen LogP contribution in [0.3, 0.4) is 0 Å². The molecule has 1 aromatic rings. The van der Waals surface area contributed by atoms with Gasteiger partial charge in [0.15, 0.2) is 0 Å². The highest BCUT2D eigenvalue weighted by Gasteiger charge is 2.64. The molecule has 15 heavy (non-hydrogen) atoms. The average molecular weight is 200 g/mol. The lowest BCUT2D eigenvalue weighted by Gasteiger charge is -2.53. The minimum Gasteiger partial charge on any atom is -0.411 e. The van der Waals surface area contributed by atoms with Gasteiger partial charge in [0.1, 0.15) is 12.4 Å². The van der Waals surface area contributed by atoms with Crippen LogP contribution in [0.15, 0.2) is 36.6 Å². The first-order valence-electron chi connectivity index (χ1n) is 5.29. The Morgan fingerprint density at radius 3 is 3.20 bits per heavy atom. The van der Waals surface area contributed by atoms with Crippen LogP contribution >= 0.6 is 0 Å². The van der Waals surface area contributed by atoms with Gasteiger partial charge in [0.25, 0.3) is 0 Å². The molecule has 1 N–H and O–H groups in total. The number of nitrogens with one attached hydrogen (secondary N) is 1. The minimum absolute atomic E-state index is 0.170. The molecule has 0 aromatic heterocycles. The van der Waals surface area contributed by atoms with E-state index in [1.54, 1.807) is 6.26 Å². The van der Waals surface area contributed by atoms with Crippen molar-refractivity contribution in [1.82, 2.24) is 5.06 Å². The summed E-state index contributed by atoms with van der Waals surface area (Å²) in [6, 6.07) is 8.92. The first-order chi connectivity index (χ1) is 7.32. The maximum atomic E-state index is 5.45. The molecule has 3 unspecified atom stereocenters. The van der Waals surface area contributed by atoms with E-state index >= 15 is 0 Å². The molecule has 0 spiro atoms. The highest BCUT2D eigenvalue weighted by atomic mass is 16.7. The summed E-state index contributed by atoms with van der Waals surface area (Å²) in [5.74, 6) is 0. The zero-order chi connectivity index (χ0) is 10.0. The topological polar surface area (TPSA) is 24.5 Å². The van der Waals surface area contributed by atoms with Crippen molar-refractivity contribution < 1.29 is 4.84 Å². The van der Waals surface area contributed by atoms with Gasteiger partial charge in [-0.05, 0) is 17.7 Å². The van der Waals surface area contributed by atoms with E-state index in [0.29, 0.717) is 6.04 Å². The van der Waals surface area contributed by atoms with E-state index in [9.17, 15) is 0 Å². The predicted octanol–water partition coefficient (Wildman–Crippen LogP) is 1.84. The fourth-order valence-electron chi connectivity index (χ4n) is 3.11. The summed E-state index contributed by atoms with van der Waals surface area (Å²) < 4.78 is 0. The van der Waals surface area contributed by atoms with Gasteiger partial charge >= 0.3 is 0 Å². The largest absolute Gasteiger partial charge is 0.411 e. The van der Waals surface area contributed by atoms with E-state index < -0.39 is 0 Å². The Labute approximate surface area is 88.3 Å². The number of hydrogen-bond donors (Lipinski definition) is 1. The number of para-hydroxylation sites is 1. The summed E-state index contributed by atoms with van der Waals surface area (Å²) in [6.45, 7) is 2.30. The molecule has 3 aliphatic heterocycles. The van der Waals surface area contributed by atoms with Crippen LogP contribution in [0, 0.1) is 0 Å². The van der Waals surface area contributed by atoms with Crippen molar-refractivity contribution in [2.45, 2.75) is 24.5 Å². The molecule has 76 valence electrons. The maximum absolute atomic E-state index is 5.45. The predicted molar refractivity (Wildman–Crippen MR) is 57.1 cm³/mol. The Bertz CT molecular complexity index is 470. The number of rotatable bonds is 0. The van der Waals surface area contributed by atoms with Gasteiger partial charge < -0.3 is 10.2 Å². The van der Waals surface area contributed by atoms with Crippen LogP contribution in [0.4, 0.5) is 5.69 Å². The fraction of sp³-hybridized carbons (Fsp3) is 0.333. The van der Waals surface area contributed by atoms with Crippen LogP contribution < -0.4 is 5.32 Å². The van der Waals surface area contributed by atoms with E-state index in [1.807, 2.05) is 5.06 Å². The summed E-state index contributed by atoms with van der Waals surface area (Å²) in [6.07, 6.45) is 4.22. The third-order valence-electron chi connectivity index (χ3n) is 3.95. The van der Waals surface area contributed by atoms with E-state index in [1.165, 1.54) is 11.3 Å². The highest BCUT2D eigenvalue weighted by Crippen LogP contribution is 2.55. The third kappa shape index (κ3) is 0.669. The van der Waals surface area contributed by atoms with E-state index in [-0.39, 0.29) is 11.6 Å². The summed E-state index contributed by atoms with van der Waals surface area (Å²) in [7, 11) is 0. The van der Waals surface area contributed by atoms with E-state index in [2.05, 4.69) is 42.6 Å². The standard InChI is InChI=1S/C12H12N2O/c1-12-8-4-2-3-5-9(8)13-11(12)14-10(12)6-7-15-14/h2-7,10-11,13H,1H3. The second-order valence-corrected chi connectivity index (χ2v) is 4.61. The number of fused-ring (bicyclic) bond motifs is 6. The minimum atomic E-state index is 0.170. The number of nitrogens with zero attached hydrogens (tertiary/aromatic N) is 1. The van der Waals surface area contributed by atoms with Crippen LogP contribution in [-0.2, 0) is 10.3 Å². The Kier molecular flexibility index (Phi) is 1.14. The molecule has 4 rings (SSSR count). The number of hydrogen-bond acceptors (Lipinski definition) is 3. The molecule has 0 amide bonds. The Balaban J connectivity index is 1.90. The highest BCUT2D eigenvalue weighted by molar-refractivity contribution is 5.65. The van der Waals surface area contributed by atoms with Crippen LogP contribution in [0.5, 0.6) is 0 Å². The molecular formula is C12H12N2O. The van der Waals surface area contributed by atoms with Crippen LogP contribution in [0.25, 0.3) is 0 Å². The van der Waals surface area contributed by atoms with Crippen molar-refractivity contribution in [1.29, 1.82) is 0 Å². The van der Waals surface area contributed by atoms with Gasteiger partial charge in [-0.3, -0.25) is 0 Å². The Morgan fingerprint density at radius 2 is 2.27 bits per heavy atom. The zero-order valence-electron chi connectivity index (χ0n) is 8.47. The van der Waals surface area contributed by atoms with Gasteiger partial charge in [0.05, 0.1) is 11.5 Å². The summed E-state index contributed by atoms with van der Waals surface area (Å²) in [5.41, 5.74) is 2.83. The SMILES string of the molecule is CC12c3ccccc3NC1N1OC=CC12. The lowest BCUT2D eigenvalue weighted by Crippen LogP contribution is -2.70. The first kappa shape index (κ1) is 7.77. The van der Waals surface area contributed by atoms with Gasteiger partial charge in [0, 0.05) is 5.69 Å². The number of anilines is 1. The molecule has 3 heterocycles. The number of benzene rings is 1. The average Bonchev–Trinajstić information content (AvgIpc) is 2.79. The normalized spacial score (nSPS) is 39.8. The van der Waals surface area contributed by atoms with Gasteiger partial charge in [-0.1, -0.05) is 25.1 Å². The summed E-state index contributed by atoms with van der Waals surface area (Å²) in [5, 5.41) is 5.53. The molecule has 1 saturated heterocycles. The summed E-state index contributed by atoms with van der Waals surface area (Å²) in [4.78, 5) is 5.45. The van der Waals surface area contributed by atoms with Crippen LogP contribution in [0.1, 0.15) is 12.5 Å². The lowest BCUT2D eigenvalue weighted by molar-refractivity contribution is -0.225. The molecule has 0 saturated carbocycles. The second kappa shape index (κ2) is 2.19. The molecule has 1 aromatic carbocycles. The zero-order valence-corrected chi connectivity index (χ0v) is 8.47. The van der Waals surface area contributed by atoms with E-state index in [4.69, 9.17) is 4.84 Å². The van der Waals surface area contributed by atoms with Gasteiger partial charge in [-0.15, -0.1) is 5.06 Å². The van der Waals surface area contributed by atoms with Gasteiger partial charge in [0.2, 0.25) is 0 Å². The Hall–Kier alpha value is -1.48. The van der Waals surface area contributed by atoms with E-state index in [0.717, 1.165) is 0 Å². The molecule has 0 aliphatic carbocycles. The van der Waals surface area contributed by atoms with Crippen molar-refractivity contribution >= 4 is 5.69 Å². The molecule has 0 radical (unpaired) electrons. The smallest absolute Gasteiger partial charge is 0.126 e. The summed E-state index contributed by atoms with van der Waals surface area (Å²) >= 11 is 0. The first-order valence-corrected chi connectivity index (χ1v) is 5.29. The molecule has 3 nitrogen and oxygen atoms in total. The van der Waals surface area contributed by atoms with Crippen molar-refractivity contribution in [2.24, 2.45) is 0 Å². The quantitative estimate of drug-likeness (QED) is 0.691. The van der Waals surface area contributed by atoms with Crippen molar-refractivity contribution in [3.8, 4) is 0 Å².